The van der Waals surface area contributed by atoms with Gasteiger partial charge in [-0.1, -0.05) is 33.3 Å². The van der Waals surface area contributed by atoms with Gasteiger partial charge in [-0.05, 0) is 36.7 Å². The Balaban J connectivity index is 2.44. The molecule has 0 radical (unpaired) electrons. The Morgan fingerprint density at radius 3 is 2.78 bits per heavy atom. The van der Waals surface area contributed by atoms with Crippen molar-refractivity contribution < 1.29 is 5.11 Å². The molecule has 1 aromatic rings. The minimum Gasteiger partial charge on any atom is -0.385 e. The predicted molar refractivity (Wildman–Crippen MR) is 73.9 cm³/mol. The third kappa shape index (κ3) is 2.24. The Hall–Kier alpha value is -1.09. The van der Waals surface area contributed by atoms with Crippen LogP contribution in [-0.4, -0.2) is 10.1 Å². The first-order chi connectivity index (χ1) is 8.45. The SMILES string of the molecule is CC1CCC(C(C)C)C(O)(c2cccnc2N)C1. The summed E-state index contributed by atoms with van der Waals surface area (Å²) in [4.78, 5) is 4.14. The fourth-order valence-electron chi connectivity index (χ4n) is 3.47. The van der Waals surface area contributed by atoms with Crippen molar-refractivity contribution in [2.45, 2.75) is 45.6 Å². The van der Waals surface area contributed by atoms with Gasteiger partial charge in [-0.2, -0.15) is 0 Å². The molecule has 2 rings (SSSR count). The second-order valence-corrected chi connectivity index (χ2v) is 6.10. The number of nitrogens with zero attached hydrogens (tertiary/aromatic N) is 1. The highest BCUT2D eigenvalue weighted by atomic mass is 16.3. The van der Waals surface area contributed by atoms with Crippen LogP contribution in [0.3, 0.4) is 0 Å². The molecule has 0 aromatic carbocycles. The first kappa shape index (κ1) is 13.3. The molecule has 1 aliphatic carbocycles. The molecular weight excluding hydrogens is 224 g/mol. The fraction of sp³-hybridized carbons (Fsp3) is 0.667. The molecule has 1 heterocycles. The monoisotopic (exact) mass is 248 g/mol. The van der Waals surface area contributed by atoms with Gasteiger partial charge in [0, 0.05) is 11.8 Å². The molecule has 0 amide bonds. The van der Waals surface area contributed by atoms with Crippen molar-refractivity contribution in [2.75, 3.05) is 5.73 Å². The third-order valence-corrected chi connectivity index (χ3v) is 4.35. The van der Waals surface area contributed by atoms with E-state index in [2.05, 4.69) is 25.8 Å². The molecule has 3 N–H and O–H groups in total. The Morgan fingerprint density at radius 2 is 2.17 bits per heavy atom. The van der Waals surface area contributed by atoms with E-state index >= 15 is 0 Å². The summed E-state index contributed by atoms with van der Waals surface area (Å²) in [7, 11) is 0. The van der Waals surface area contributed by atoms with Crippen LogP contribution >= 0.6 is 0 Å². The highest BCUT2D eigenvalue weighted by Crippen LogP contribution is 2.48. The maximum Gasteiger partial charge on any atom is 0.129 e. The molecule has 0 aliphatic heterocycles. The van der Waals surface area contributed by atoms with Crippen LogP contribution in [-0.2, 0) is 5.60 Å². The van der Waals surface area contributed by atoms with E-state index in [0.717, 1.165) is 18.4 Å². The number of aromatic nitrogens is 1. The summed E-state index contributed by atoms with van der Waals surface area (Å²) < 4.78 is 0. The molecule has 1 aliphatic rings. The van der Waals surface area contributed by atoms with Crippen molar-refractivity contribution in [1.29, 1.82) is 0 Å². The lowest BCUT2D eigenvalue weighted by Gasteiger charge is -2.45. The first-order valence-corrected chi connectivity index (χ1v) is 6.88. The van der Waals surface area contributed by atoms with Crippen LogP contribution in [0.5, 0.6) is 0 Å². The van der Waals surface area contributed by atoms with E-state index < -0.39 is 5.60 Å². The molecule has 18 heavy (non-hydrogen) atoms. The van der Waals surface area contributed by atoms with Gasteiger partial charge in [-0.15, -0.1) is 0 Å². The van der Waals surface area contributed by atoms with Crippen LogP contribution in [0.15, 0.2) is 18.3 Å². The van der Waals surface area contributed by atoms with E-state index in [9.17, 15) is 5.11 Å². The normalized spacial score (nSPS) is 32.7. The van der Waals surface area contributed by atoms with Gasteiger partial charge in [0.2, 0.25) is 0 Å². The van der Waals surface area contributed by atoms with Crippen molar-refractivity contribution in [3.05, 3.63) is 23.9 Å². The van der Waals surface area contributed by atoms with E-state index in [0.29, 0.717) is 17.7 Å². The number of nitrogen functional groups attached to an aromatic ring is 1. The van der Waals surface area contributed by atoms with E-state index in [1.807, 2.05) is 12.1 Å². The van der Waals surface area contributed by atoms with Crippen LogP contribution in [0.4, 0.5) is 5.82 Å². The van der Waals surface area contributed by atoms with Crippen molar-refractivity contribution in [2.24, 2.45) is 17.8 Å². The summed E-state index contributed by atoms with van der Waals surface area (Å²) in [5, 5.41) is 11.2. The number of pyridine rings is 1. The zero-order valence-corrected chi connectivity index (χ0v) is 11.6. The van der Waals surface area contributed by atoms with Gasteiger partial charge in [0.05, 0.1) is 5.60 Å². The molecule has 1 aromatic heterocycles. The van der Waals surface area contributed by atoms with Gasteiger partial charge in [-0.3, -0.25) is 0 Å². The standard InChI is InChI=1S/C15H24N2O/c1-10(2)12-7-6-11(3)9-15(12,18)13-5-4-8-17-14(13)16/h4-5,8,10-12,18H,6-7,9H2,1-3H3,(H2,16,17). The number of hydrogen-bond acceptors (Lipinski definition) is 3. The van der Waals surface area contributed by atoms with Crippen molar-refractivity contribution >= 4 is 5.82 Å². The van der Waals surface area contributed by atoms with Crippen LogP contribution in [0.2, 0.25) is 0 Å². The third-order valence-electron chi connectivity index (χ3n) is 4.35. The smallest absolute Gasteiger partial charge is 0.129 e. The molecule has 3 nitrogen and oxygen atoms in total. The van der Waals surface area contributed by atoms with Crippen LogP contribution in [0.25, 0.3) is 0 Å². The molecule has 3 unspecified atom stereocenters. The van der Waals surface area contributed by atoms with Gasteiger partial charge in [-0.25, -0.2) is 4.98 Å². The van der Waals surface area contributed by atoms with E-state index in [-0.39, 0.29) is 5.92 Å². The van der Waals surface area contributed by atoms with Gasteiger partial charge >= 0.3 is 0 Å². The zero-order valence-electron chi connectivity index (χ0n) is 11.6. The maximum atomic E-state index is 11.2. The number of aliphatic hydroxyl groups is 1. The molecule has 3 atom stereocenters. The summed E-state index contributed by atoms with van der Waals surface area (Å²) in [5.74, 6) is 1.71. The average molecular weight is 248 g/mol. The minimum absolute atomic E-state index is 0.264. The largest absolute Gasteiger partial charge is 0.385 e. The molecule has 0 bridgehead atoms. The van der Waals surface area contributed by atoms with Crippen LogP contribution in [0.1, 0.15) is 45.6 Å². The molecule has 100 valence electrons. The molecule has 3 heteroatoms. The van der Waals surface area contributed by atoms with E-state index in [1.54, 1.807) is 6.20 Å². The maximum absolute atomic E-state index is 11.2. The molecule has 1 saturated carbocycles. The molecule has 0 spiro atoms. The molecule has 1 fully saturated rings. The fourth-order valence-corrected chi connectivity index (χ4v) is 3.47. The quantitative estimate of drug-likeness (QED) is 0.846. The lowest BCUT2D eigenvalue weighted by Crippen LogP contribution is -2.43. The van der Waals surface area contributed by atoms with Crippen LogP contribution in [0, 0.1) is 17.8 Å². The molecule has 0 saturated heterocycles. The Labute approximate surface area is 109 Å². The summed E-state index contributed by atoms with van der Waals surface area (Å²) in [6, 6.07) is 3.79. The Bertz CT molecular complexity index is 419. The van der Waals surface area contributed by atoms with Crippen molar-refractivity contribution in [3.63, 3.8) is 0 Å². The minimum atomic E-state index is -0.815. The predicted octanol–water partition coefficient (Wildman–Crippen LogP) is 2.94. The summed E-state index contributed by atoms with van der Waals surface area (Å²) in [6.07, 6.45) is 4.71. The highest BCUT2D eigenvalue weighted by Gasteiger charge is 2.45. The molecular formula is C15H24N2O. The Kier molecular flexibility index (Phi) is 3.62. The first-order valence-electron chi connectivity index (χ1n) is 6.88. The van der Waals surface area contributed by atoms with Gasteiger partial charge in [0.1, 0.15) is 5.82 Å². The summed E-state index contributed by atoms with van der Waals surface area (Å²) >= 11 is 0. The summed E-state index contributed by atoms with van der Waals surface area (Å²) in [5.41, 5.74) is 5.97. The average Bonchev–Trinajstić information content (AvgIpc) is 2.28. The van der Waals surface area contributed by atoms with E-state index in [1.165, 1.54) is 6.42 Å². The number of hydrogen-bond donors (Lipinski definition) is 2. The lowest BCUT2D eigenvalue weighted by atomic mass is 9.64. The number of anilines is 1. The summed E-state index contributed by atoms with van der Waals surface area (Å²) in [6.45, 7) is 6.56. The highest BCUT2D eigenvalue weighted by molar-refractivity contribution is 5.43. The van der Waals surface area contributed by atoms with Crippen molar-refractivity contribution in [3.8, 4) is 0 Å². The Morgan fingerprint density at radius 1 is 1.44 bits per heavy atom. The topological polar surface area (TPSA) is 59.1 Å². The second-order valence-electron chi connectivity index (χ2n) is 6.10. The number of nitrogens with two attached hydrogens (primary N) is 1. The van der Waals surface area contributed by atoms with E-state index in [4.69, 9.17) is 5.73 Å². The van der Waals surface area contributed by atoms with Crippen LogP contribution < -0.4 is 5.73 Å². The van der Waals surface area contributed by atoms with Gasteiger partial charge in [0.15, 0.2) is 0 Å². The lowest BCUT2D eigenvalue weighted by molar-refractivity contribution is -0.0861. The second kappa shape index (κ2) is 4.88. The van der Waals surface area contributed by atoms with Gasteiger partial charge in [0.25, 0.3) is 0 Å². The van der Waals surface area contributed by atoms with Gasteiger partial charge < -0.3 is 10.8 Å². The zero-order chi connectivity index (χ0) is 13.3. The number of rotatable bonds is 2. The van der Waals surface area contributed by atoms with Crippen molar-refractivity contribution in [1.82, 2.24) is 4.98 Å².